The monoisotopic (exact) mass is 635 g/mol. The highest BCUT2D eigenvalue weighted by Crippen LogP contribution is 2.33. The molecule has 0 saturated heterocycles. The predicted octanol–water partition coefficient (Wildman–Crippen LogP) is 5.46. The first-order valence-electron chi connectivity index (χ1n) is 13.1. The van der Waals surface area contributed by atoms with Gasteiger partial charge < -0.3 is 19.7 Å². The van der Waals surface area contributed by atoms with E-state index < -0.39 is 34.4 Å². The third-order valence-electron chi connectivity index (χ3n) is 6.53. The van der Waals surface area contributed by atoms with Crippen LogP contribution in [0, 0.1) is 6.92 Å². The van der Waals surface area contributed by atoms with E-state index in [0.29, 0.717) is 21.4 Å². The minimum atomic E-state index is -4.31. The highest BCUT2D eigenvalue weighted by Gasteiger charge is 2.33. The lowest BCUT2D eigenvalue weighted by atomic mass is 10.1. The number of methoxy groups -OCH3 is 2. The van der Waals surface area contributed by atoms with Crippen LogP contribution in [0.1, 0.15) is 31.9 Å². The molecule has 1 unspecified atom stereocenters. The molecule has 0 spiro atoms. The zero-order valence-corrected chi connectivity index (χ0v) is 26.7. The smallest absolute Gasteiger partial charge is 0.264 e. The Morgan fingerprint density at radius 2 is 1.50 bits per heavy atom. The van der Waals surface area contributed by atoms with Gasteiger partial charge in [0.2, 0.25) is 11.8 Å². The lowest BCUT2D eigenvalue weighted by Gasteiger charge is -2.32. The maximum absolute atomic E-state index is 14.1. The van der Waals surface area contributed by atoms with Crippen molar-refractivity contribution in [3.8, 4) is 11.5 Å². The highest BCUT2D eigenvalue weighted by atomic mass is 35.5. The minimum Gasteiger partial charge on any atom is -0.493 e. The van der Waals surface area contributed by atoms with Crippen LogP contribution < -0.4 is 19.1 Å². The van der Waals surface area contributed by atoms with Crippen molar-refractivity contribution in [1.82, 2.24) is 10.2 Å². The van der Waals surface area contributed by atoms with E-state index in [4.69, 9.17) is 32.7 Å². The molecular weight excluding hydrogens is 601 g/mol. The average Bonchev–Trinajstić information content (AvgIpc) is 2.95. The van der Waals surface area contributed by atoms with Gasteiger partial charge in [0, 0.05) is 34.3 Å². The number of nitrogens with zero attached hydrogens (tertiary/aromatic N) is 2. The molecule has 42 heavy (non-hydrogen) atoms. The summed E-state index contributed by atoms with van der Waals surface area (Å²) in [4.78, 5) is 28.3. The second-order valence-corrected chi connectivity index (χ2v) is 12.6. The van der Waals surface area contributed by atoms with Crippen molar-refractivity contribution in [2.75, 3.05) is 25.1 Å². The molecule has 3 aromatic rings. The molecule has 0 aliphatic heterocycles. The lowest BCUT2D eigenvalue weighted by Crippen LogP contribution is -2.52. The largest absolute Gasteiger partial charge is 0.493 e. The molecule has 1 atom stereocenters. The molecule has 1 N–H and O–H groups in total. The molecule has 0 fully saturated rings. The Labute approximate surface area is 257 Å². The predicted molar refractivity (Wildman–Crippen MR) is 165 cm³/mol. The van der Waals surface area contributed by atoms with Gasteiger partial charge in [0.15, 0.2) is 11.5 Å². The van der Waals surface area contributed by atoms with E-state index in [-0.39, 0.29) is 28.9 Å². The number of amides is 2. The Bertz CT molecular complexity index is 1510. The summed E-state index contributed by atoms with van der Waals surface area (Å²) in [5.41, 5.74) is 1.60. The van der Waals surface area contributed by atoms with Gasteiger partial charge in [0.1, 0.15) is 12.6 Å². The number of ether oxygens (including phenoxy) is 2. The third-order valence-corrected chi connectivity index (χ3v) is 9.01. The first-order valence-corrected chi connectivity index (χ1v) is 15.3. The topological polar surface area (TPSA) is 105 Å². The van der Waals surface area contributed by atoms with Crippen molar-refractivity contribution in [2.45, 2.75) is 51.2 Å². The molecule has 226 valence electrons. The van der Waals surface area contributed by atoms with Crippen LogP contribution in [0.5, 0.6) is 11.5 Å². The molecule has 2 amide bonds. The maximum Gasteiger partial charge on any atom is 0.264 e. The van der Waals surface area contributed by atoms with Crippen LogP contribution in [0.15, 0.2) is 65.6 Å². The van der Waals surface area contributed by atoms with E-state index in [9.17, 15) is 18.0 Å². The van der Waals surface area contributed by atoms with Crippen molar-refractivity contribution < 1.29 is 27.5 Å². The molecule has 0 heterocycles. The number of anilines is 1. The number of carbonyl (C=O) groups is 2. The van der Waals surface area contributed by atoms with Crippen molar-refractivity contribution in [1.29, 1.82) is 0 Å². The van der Waals surface area contributed by atoms with E-state index in [1.807, 2.05) is 6.92 Å². The van der Waals surface area contributed by atoms with E-state index in [1.54, 1.807) is 63.2 Å². The minimum absolute atomic E-state index is 0.111. The third kappa shape index (κ3) is 7.67. The molecule has 0 aliphatic carbocycles. The van der Waals surface area contributed by atoms with Crippen molar-refractivity contribution in [3.05, 3.63) is 81.8 Å². The highest BCUT2D eigenvalue weighted by molar-refractivity contribution is 7.92. The molecule has 0 aromatic heterocycles. The summed E-state index contributed by atoms with van der Waals surface area (Å²) in [5.74, 6) is -0.488. The number of rotatable bonds is 12. The molecule has 3 rings (SSSR count). The van der Waals surface area contributed by atoms with Gasteiger partial charge in [-0.05, 0) is 64.1 Å². The first kappa shape index (κ1) is 33.0. The number of aryl methyl sites for hydroxylation is 1. The van der Waals surface area contributed by atoms with Crippen LogP contribution in [-0.2, 0) is 26.2 Å². The molecule has 9 nitrogen and oxygen atoms in total. The summed E-state index contributed by atoms with van der Waals surface area (Å²) < 4.78 is 39.8. The molecule has 0 aliphatic rings. The number of halogens is 2. The van der Waals surface area contributed by atoms with Gasteiger partial charge in [0.05, 0.1) is 24.8 Å². The van der Waals surface area contributed by atoms with Crippen LogP contribution in [0.2, 0.25) is 10.0 Å². The van der Waals surface area contributed by atoms with E-state index in [2.05, 4.69) is 5.32 Å². The summed E-state index contributed by atoms with van der Waals surface area (Å²) in [7, 11) is -1.47. The number of hydrogen-bond acceptors (Lipinski definition) is 6. The fourth-order valence-corrected chi connectivity index (χ4v) is 6.13. The number of sulfonamides is 1. The van der Waals surface area contributed by atoms with Gasteiger partial charge in [-0.1, -0.05) is 47.0 Å². The van der Waals surface area contributed by atoms with Crippen molar-refractivity contribution in [3.63, 3.8) is 0 Å². The SMILES string of the molecule is COc1ccc(S(=O)(=O)N(CC(=O)N(Cc2c(Cl)cccc2Cl)C(C)C(=O)NC(C)C)c2ccc(C)cc2)cc1OC. The normalized spacial score (nSPS) is 12.0. The molecule has 3 aromatic carbocycles. The number of nitrogens with one attached hydrogen (secondary N) is 1. The second-order valence-electron chi connectivity index (χ2n) is 9.93. The van der Waals surface area contributed by atoms with Gasteiger partial charge in [-0.3, -0.25) is 13.9 Å². The Balaban J connectivity index is 2.10. The Morgan fingerprint density at radius 3 is 2.05 bits per heavy atom. The average molecular weight is 637 g/mol. The van der Waals surface area contributed by atoms with Crippen LogP contribution in [0.25, 0.3) is 0 Å². The second kappa shape index (κ2) is 14.1. The summed E-state index contributed by atoms with van der Waals surface area (Å²) in [5, 5.41) is 3.43. The van der Waals surface area contributed by atoms with Gasteiger partial charge in [-0.25, -0.2) is 8.42 Å². The fourth-order valence-electron chi connectivity index (χ4n) is 4.19. The summed E-state index contributed by atoms with van der Waals surface area (Å²) in [6.45, 7) is 6.31. The van der Waals surface area contributed by atoms with Crippen molar-refractivity contribution in [2.24, 2.45) is 0 Å². The standard InChI is InChI=1S/C30H35Cl2N3O6S/c1-19(2)33-30(37)21(4)34(17-24-25(31)8-7-9-26(24)32)29(36)18-35(22-12-10-20(3)11-13-22)42(38,39)23-14-15-27(40-5)28(16-23)41-6/h7-16,19,21H,17-18H2,1-6H3,(H,33,37). The first-order chi connectivity index (χ1) is 19.8. The number of hydrogen-bond donors (Lipinski definition) is 1. The van der Waals surface area contributed by atoms with E-state index in [1.165, 1.54) is 37.3 Å². The van der Waals surface area contributed by atoms with Crippen molar-refractivity contribution >= 4 is 50.7 Å². The van der Waals surface area contributed by atoms with Gasteiger partial charge in [0.25, 0.3) is 10.0 Å². The zero-order valence-electron chi connectivity index (χ0n) is 24.4. The molecule has 0 radical (unpaired) electrons. The van der Waals surface area contributed by atoms with Gasteiger partial charge in [-0.15, -0.1) is 0 Å². The van der Waals surface area contributed by atoms with Gasteiger partial charge >= 0.3 is 0 Å². The maximum atomic E-state index is 14.1. The zero-order chi connectivity index (χ0) is 31.2. The van der Waals surface area contributed by atoms with Crippen LogP contribution in [0.3, 0.4) is 0 Å². The summed E-state index contributed by atoms with van der Waals surface area (Å²) in [6.07, 6.45) is 0. The Kier molecular flexibility index (Phi) is 11.1. The van der Waals surface area contributed by atoms with E-state index in [0.717, 1.165) is 9.87 Å². The van der Waals surface area contributed by atoms with Crippen LogP contribution in [0.4, 0.5) is 5.69 Å². The van der Waals surface area contributed by atoms with Crippen LogP contribution >= 0.6 is 23.2 Å². The lowest BCUT2D eigenvalue weighted by molar-refractivity contribution is -0.139. The fraction of sp³-hybridized carbons (Fsp3) is 0.333. The Morgan fingerprint density at radius 1 is 0.905 bits per heavy atom. The van der Waals surface area contributed by atoms with E-state index >= 15 is 0 Å². The molecule has 12 heteroatoms. The molecule has 0 saturated carbocycles. The summed E-state index contributed by atoms with van der Waals surface area (Å²) >= 11 is 12.8. The molecule has 0 bridgehead atoms. The quantitative estimate of drug-likeness (QED) is 0.283. The Hall–Kier alpha value is -3.47. The molecular formula is C30H35Cl2N3O6S. The van der Waals surface area contributed by atoms with Gasteiger partial charge in [-0.2, -0.15) is 0 Å². The summed E-state index contributed by atoms with van der Waals surface area (Å²) in [6, 6.07) is 14.7. The number of carbonyl (C=O) groups excluding carboxylic acids is 2. The van der Waals surface area contributed by atoms with Crippen LogP contribution in [-0.4, -0.2) is 58.0 Å². The number of benzene rings is 3.